The van der Waals surface area contributed by atoms with Crippen molar-refractivity contribution in [3.8, 4) is 0 Å². The highest BCUT2D eigenvalue weighted by atomic mass is 16.6. The van der Waals surface area contributed by atoms with Gasteiger partial charge in [0.25, 0.3) is 0 Å². The summed E-state index contributed by atoms with van der Waals surface area (Å²) in [6, 6.07) is 7.23. The highest BCUT2D eigenvalue weighted by Crippen LogP contribution is 2.31. The van der Waals surface area contributed by atoms with E-state index in [1.54, 1.807) is 52.9 Å². The van der Waals surface area contributed by atoms with E-state index in [0.29, 0.717) is 5.39 Å². The van der Waals surface area contributed by atoms with E-state index in [-0.39, 0.29) is 28.9 Å². The zero-order valence-electron chi connectivity index (χ0n) is 17.6. The first kappa shape index (κ1) is 21.3. The van der Waals surface area contributed by atoms with Gasteiger partial charge >= 0.3 is 17.9 Å². The summed E-state index contributed by atoms with van der Waals surface area (Å²) in [6.07, 6.45) is 0.657. The largest absolute Gasteiger partial charge is 0.461 e. The average Bonchev–Trinajstić information content (AvgIpc) is 3.03. The van der Waals surface area contributed by atoms with Crippen molar-refractivity contribution in [2.45, 2.75) is 46.8 Å². The number of hydrogen-bond donors (Lipinski definition) is 0. The highest BCUT2D eigenvalue weighted by Gasteiger charge is 2.36. The monoisotopic (exact) mass is 412 g/mol. The fourth-order valence-electron chi connectivity index (χ4n) is 3.20. The normalized spacial score (nSPS) is 11.3. The first-order valence-electron chi connectivity index (χ1n) is 9.77. The van der Waals surface area contributed by atoms with Crippen molar-refractivity contribution >= 4 is 34.2 Å². The van der Waals surface area contributed by atoms with Gasteiger partial charge in [0.1, 0.15) is 11.1 Å². The van der Waals surface area contributed by atoms with Gasteiger partial charge in [-0.05, 0) is 34.6 Å². The summed E-state index contributed by atoms with van der Waals surface area (Å²) in [5.41, 5.74) is -0.158. The molecule has 0 aliphatic rings. The third-order valence-corrected chi connectivity index (χ3v) is 4.24. The average molecular weight is 412 g/mol. The maximum Gasteiger partial charge on any atom is 0.357 e. The minimum absolute atomic E-state index is 0.0679. The summed E-state index contributed by atoms with van der Waals surface area (Å²) >= 11 is 0. The number of esters is 3. The van der Waals surface area contributed by atoms with Gasteiger partial charge in [-0.25, -0.2) is 18.9 Å². The quantitative estimate of drug-likeness (QED) is 0.449. The first-order valence-corrected chi connectivity index (χ1v) is 9.77. The van der Waals surface area contributed by atoms with Gasteiger partial charge in [-0.2, -0.15) is 5.10 Å². The Morgan fingerprint density at radius 3 is 2.13 bits per heavy atom. The Morgan fingerprint density at radius 1 is 0.933 bits per heavy atom. The number of carbonyl (C=O) groups excluding carboxylic acids is 3. The Kier molecular flexibility index (Phi) is 6.05. The zero-order chi connectivity index (χ0) is 22.0. The first-order chi connectivity index (χ1) is 14.3. The van der Waals surface area contributed by atoms with Crippen molar-refractivity contribution in [3.05, 3.63) is 47.3 Å². The minimum atomic E-state index is -0.821. The molecule has 3 rings (SSSR count). The van der Waals surface area contributed by atoms with Crippen molar-refractivity contribution in [2.24, 2.45) is 0 Å². The van der Waals surface area contributed by atoms with Gasteiger partial charge in [0.2, 0.25) is 0 Å². The van der Waals surface area contributed by atoms with Crippen LogP contribution in [-0.4, -0.2) is 46.3 Å². The predicted molar refractivity (Wildman–Crippen MR) is 110 cm³/mol. The summed E-state index contributed by atoms with van der Waals surface area (Å²) in [6.45, 7) is 8.49. The molecule has 0 spiro atoms. The molecule has 0 saturated heterocycles. The van der Waals surface area contributed by atoms with Crippen LogP contribution in [-0.2, 0) is 14.2 Å². The van der Waals surface area contributed by atoms with Crippen LogP contribution in [0.15, 0.2) is 30.5 Å². The number of ether oxygens (including phenoxy) is 3. The second kappa shape index (κ2) is 8.52. The molecule has 0 amide bonds. The summed E-state index contributed by atoms with van der Waals surface area (Å²) in [5.74, 6) is -2.35. The lowest BCUT2D eigenvalue weighted by molar-refractivity contribution is 0.0324. The van der Waals surface area contributed by atoms with Crippen LogP contribution in [0.4, 0.5) is 0 Å². The summed E-state index contributed by atoms with van der Waals surface area (Å²) in [7, 11) is 0. The molecule has 0 atom stereocenters. The van der Waals surface area contributed by atoms with Gasteiger partial charge in [-0.15, -0.1) is 0 Å². The van der Waals surface area contributed by atoms with Crippen molar-refractivity contribution < 1.29 is 28.6 Å². The van der Waals surface area contributed by atoms with E-state index in [1.807, 2.05) is 12.1 Å². The van der Waals surface area contributed by atoms with Crippen LogP contribution in [0.5, 0.6) is 0 Å². The second-order valence-corrected chi connectivity index (χ2v) is 7.22. The van der Waals surface area contributed by atoms with Gasteiger partial charge in [0.15, 0.2) is 5.69 Å². The van der Waals surface area contributed by atoms with E-state index in [4.69, 9.17) is 14.2 Å². The van der Waals surface area contributed by atoms with Gasteiger partial charge in [-0.3, -0.25) is 0 Å². The number of hydrogen-bond acceptors (Lipinski definition) is 7. The number of carbonyl (C=O) groups is 3. The van der Waals surface area contributed by atoms with Crippen molar-refractivity contribution in [2.75, 3.05) is 6.61 Å². The van der Waals surface area contributed by atoms with E-state index in [2.05, 4.69) is 5.10 Å². The number of rotatable bonds is 6. The maximum absolute atomic E-state index is 13.1. The lowest BCUT2D eigenvalue weighted by Crippen LogP contribution is -2.21. The van der Waals surface area contributed by atoms with Gasteiger partial charge < -0.3 is 14.2 Å². The molecule has 0 bridgehead atoms. The zero-order valence-corrected chi connectivity index (χ0v) is 17.6. The number of benzene rings is 1. The SMILES string of the molecule is CCOC(=O)c1c(C(=O)OC(C)C)c(C(=O)OC(C)C)c2c3ccccc3cnn12. The lowest BCUT2D eigenvalue weighted by atomic mass is 10.1. The molecule has 0 aliphatic carbocycles. The molecular formula is C22H24N2O6. The van der Waals surface area contributed by atoms with Crippen molar-refractivity contribution in [1.82, 2.24) is 9.61 Å². The van der Waals surface area contributed by atoms with Crippen LogP contribution in [0.1, 0.15) is 65.8 Å². The predicted octanol–water partition coefficient (Wildman–Crippen LogP) is 3.79. The standard InChI is InChI=1S/C22H24N2O6/c1-6-28-22(27)19-17(21(26)30-13(4)5)16(20(25)29-12(2)3)18-15-10-8-7-9-14(15)11-23-24(18)19/h7-13H,6H2,1-5H3. The van der Waals surface area contributed by atoms with Crippen LogP contribution in [0.25, 0.3) is 16.3 Å². The molecule has 0 N–H and O–H groups in total. The molecule has 158 valence electrons. The molecule has 0 unspecified atom stereocenters. The molecule has 8 nitrogen and oxygen atoms in total. The van der Waals surface area contributed by atoms with Crippen LogP contribution < -0.4 is 0 Å². The minimum Gasteiger partial charge on any atom is -0.461 e. The second-order valence-electron chi connectivity index (χ2n) is 7.22. The smallest absolute Gasteiger partial charge is 0.357 e. The van der Waals surface area contributed by atoms with Crippen LogP contribution in [0, 0.1) is 0 Å². The molecule has 0 saturated carbocycles. The molecule has 2 heterocycles. The Bertz CT molecular complexity index is 1130. The molecule has 3 aromatic rings. The number of fused-ring (bicyclic) bond motifs is 3. The summed E-state index contributed by atoms with van der Waals surface area (Å²) in [4.78, 5) is 38.9. The molecule has 1 aromatic carbocycles. The molecule has 8 heteroatoms. The number of nitrogens with zero attached hydrogens (tertiary/aromatic N) is 2. The van der Waals surface area contributed by atoms with E-state index >= 15 is 0 Å². The topological polar surface area (TPSA) is 96.2 Å². The third-order valence-electron chi connectivity index (χ3n) is 4.24. The number of aromatic nitrogens is 2. The lowest BCUT2D eigenvalue weighted by Gasteiger charge is -2.11. The van der Waals surface area contributed by atoms with Gasteiger partial charge in [0.05, 0.1) is 30.5 Å². The van der Waals surface area contributed by atoms with Crippen LogP contribution in [0.2, 0.25) is 0 Å². The maximum atomic E-state index is 13.1. The molecule has 0 fully saturated rings. The summed E-state index contributed by atoms with van der Waals surface area (Å²) in [5, 5.41) is 5.69. The molecular weight excluding hydrogens is 388 g/mol. The molecule has 0 aliphatic heterocycles. The van der Waals surface area contributed by atoms with Crippen LogP contribution in [0.3, 0.4) is 0 Å². The molecule has 2 aromatic heterocycles. The third kappa shape index (κ3) is 3.85. The fourth-order valence-corrected chi connectivity index (χ4v) is 3.20. The van der Waals surface area contributed by atoms with E-state index in [9.17, 15) is 14.4 Å². The Balaban J connectivity index is 2.47. The Labute approximate surface area is 173 Å². The molecule has 0 radical (unpaired) electrons. The highest BCUT2D eigenvalue weighted by molar-refractivity contribution is 6.18. The van der Waals surface area contributed by atoms with Gasteiger partial charge in [0, 0.05) is 10.8 Å². The van der Waals surface area contributed by atoms with Crippen molar-refractivity contribution in [3.63, 3.8) is 0 Å². The van der Waals surface area contributed by atoms with Crippen molar-refractivity contribution in [1.29, 1.82) is 0 Å². The van der Waals surface area contributed by atoms with E-state index in [0.717, 1.165) is 5.39 Å². The van der Waals surface area contributed by atoms with Crippen LogP contribution >= 0.6 is 0 Å². The molecule has 30 heavy (non-hydrogen) atoms. The van der Waals surface area contributed by atoms with E-state index < -0.39 is 30.1 Å². The summed E-state index contributed by atoms with van der Waals surface area (Å²) < 4.78 is 17.2. The van der Waals surface area contributed by atoms with Gasteiger partial charge in [-0.1, -0.05) is 24.3 Å². The Morgan fingerprint density at radius 2 is 1.53 bits per heavy atom. The fraction of sp³-hybridized carbons (Fsp3) is 0.364. The van der Waals surface area contributed by atoms with E-state index in [1.165, 1.54) is 4.52 Å². The Hall–Kier alpha value is -3.42.